The first-order valence-electron chi connectivity index (χ1n) is 7.09. The van der Waals surface area contributed by atoms with Crippen LogP contribution < -0.4 is 0 Å². The molecule has 0 atom stereocenters. The molecule has 0 radical (unpaired) electrons. The Hall–Kier alpha value is -2.44. The van der Waals surface area contributed by atoms with Gasteiger partial charge >= 0.3 is 5.97 Å². The molecule has 0 bridgehead atoms. The van der Waals surface area contributed by atoms with E-state index in [1.54, 1.807) is 41.7 Å². The van der Waals surface area contributed by atoms with Crippen LogP contribution in [0.4, 0.5) is 0 Å². The third-order valence-corrected chi connectivity index (χ3v) is 4.42. The lowest BCUT2D eigenvalue weighted by Gasteiger charge is -1.96. The maximum absolute atomic E-state index is 11.7. The molecule has 0 saturated carbocycles. The molecule has 0 amide bonds. The number of thiophene rings is 1. The van der Waals surface area contributed by atoms with Gasteiger partial charge in [0.05, 0.1) is 0 Å². The fraction of sp³-hybridized carbons (Fsp3) is 0.118. The zero-order valence-electron chi connectivity index (χ0n) is 12.7. The average Bonchev–Trinajstić information content (AvgIpc) is 3.21. The SMILES string of the molecule is Cc1ccsc1/C=C/C(=O)OCc1nc(-c2ccc(Cl)cc2)no1. The number of carbonyl (C=O) groups excluding carboxylic acids is 1. The van der Waals surface area contributed by atoms with E-state index >= 15 is 0 Å². The molecule has 0 N–H and O–H groups in total. The highest BCUT2D eigenvalue weighted by atomic mass is 35.5. The number of benzene rings is 1. The number of hydrogen-bond acceptors (Lipinski definition) is 6. The van der Waals surface area contributed by atoms with E-state index in [0.29, 0.717) is 10.8 Å². The second-order valence-corrected chi connectivity index (χ2v) is 6.31. The molecule has 2 aromatic heterocycles. The van der Waals surface area contributed by atoms with Crippen molar-refractivity contribution in [3.63, 3.8) is 0 Å². The first-order chi connectivity index (χ1) is 11.6. The molecule has 0 saturated heterocycles. The van der Waals surface area contributed by atoms with Gasteiger partial charge in [-0.1, -0.05) is 16.8 Å². The summed E-state index contributed by atoms with van der Waals surface area (Å²) in [6.07, 6.45) is 3.12. The summed E-state index contributed by atoms with van der Waals surface area (Å²) in [4.78, 5) is 16.9. The minimum atomic E-state index is -0.464. The van der Waals surface area contributed by atoms with Crippen molar-refractivity contribution in [2.24, 2.45) is 0 Å². The Labute approximate surface area is 147 Å². The maximum atomic E-state index is 11.7. The summed E-state index contributed by atoms with van der Waals surface area (Å²) in [5, 5.41) is 6.45. The van der Waals surface area contributed by atoms with Crippen LogP contribution in [0.3, 0.4) is 0 Å². The number of nitrogens with zero attached hydrogens (tertiary/aromatic N) is 2. The first-order valence-corrected chi connectivity index (χ1v) is 8.35. The number of halogens is 1. The number of carbonyl (C=O) groups is 1. The van der Waals surface area contributed by atoms with Crippen LogP contribution in [0.15, 0.2) is 46.3 Å². The minimum absolute atomic E-state index is 0.0762. The van der Waals surface area contributed by atoms with Crippen molar-refractivity contribution in [3.05, 3.63) is 63.1 Å². The van der Waals surface area contributed by atoms with Gasteiger partial charge in [-0.2, -0.15) is 4.98 Å². The standard InChI is InChI=1S/C17H13ClN2O3S/c1-11-8-9-24-14(11)6-7-16(21)22-10-15-19-17(20-23-15)12-2-4-13(18)5-3-12/h2-9H,10H2,1H3/b7-6+. The molecule has 5 nitrogen and oxygen atoms in total. The Morgan fingerprint density at radius 3 is 2.83 bits per heavy atom. The van der Waals surface area contributed by atoms with Crippen LogP contribution in [0.1, 0.15) is 16.3 Å². The molecule has 7 heteroatoms. The molecular formula is C17H13ClN2O3S. The van der Waals surface area contributed by atoms with Crippen LogP contribution in [-0.2, 0) is 16.1 Å². The lowest BCUT2D eigenvalue weighted by molar-refractivity contribution is -0.139. The van der Waals surface area contributed by atoms with E-state index in [4.69, 9.17) is 20.9 Å². The van der Waals surface area contributed by atoms with Crippen LogP contribution >= 0.6 is 22.9 Å². The Morgan fingerprint density at radius 1 is 1.33 bits per heavy atom. The lowest BCUT2D eigenvalue weighted by atomic mass is 10.2. The summed E-state index contributed by atoms with van der Waals surface area (Å²) in [7, 11) is 0. The second-order valence-electron chi connectivity index (χ2n) is 4.93. The number of esters is 1. The summed E-state index contributed by atoms with van der Waals surface area (Å²) >= 11 is 7.40. The Morgan fingerprint density at radius 2 is 2.12 bits per heavy atom. The molecule has 3 aromatic rings. The van der Waals surface area contributed by atoms with Gasteiger partial charge in [0.2, 0.25) is 5.82 Å². The normalized spacial score (nSPS) is 11.1. The van der Waals surface area contributed by atoms with Crippen LogP contribution in [0.5, 0.6) is 0 Å². The van der Waals surface area contributed by atoms with E-state index in [1.165, 1.54) is 6.08 Å². The summed E-state index contributed by atoms with van der Waals surface area (Å²) in [6, 6.07) is 9.05. The first kappa shape index (κ1) is 16.4. The number of aromatic nitrogens is 2. The van der Waals surface area contributed by atoms with Crippen molar-refractivity contribution in [1.82, 2.24) is 10.1 Å². The van der Waals surface area contributed by atoms with Gasteiger partial charge < -0.3 is 9.26 Å². The lowest BCUT2D eigenvalue weighted by Crippen LogP contribution is -2.00. The molecule has 3 rings (SSSR count). The smallest absolute Gasteiger partial charge is 0.331 e. The van der Waals surface area contributed by atoms with E-state index in [1.807, 2.05) is 18.4 Å². The molecule has 0 aliphatic rings. The molecule has 0 aliphatic carbocycles. The molecule has 0 aliphatic heterocycles. The molecule has 0 fully saturated rings. The molecule has 0 unspecified atom stereocenters. The van der Waals surface area contributed by atoms with Crippen LogP contribution in [0.2, 0.25) is 5.02 Å². The van der Waals surface area contributed by atoms with Crippen molar-refractivity contribution < 1.29 is 14.1 Å². The maximum Gasteiger partial charge on any atom is 0.331 e. The van der Waals surface area contributed by atoms with Gasteiger partial charge in [0.15, 0.2) is 6.61 Å². The fourth-order valence-corrected chi connectivity index (χ4v) is 2.85. The predicted octanol–water partition coefficient (Wildman–Crippen LogP) is 4.52. The third kappa shape index (κ3) is 4.10. The van der Waals surface area contributed by atoms with Crippen molar-refractivity contribution in [3.8, 4) is 11.4 Å². The van der Waals surface area contributed by atoms with Crippen LogP contribution in [-0.4, -0.2) is 16.1 Å². The van der Waals surface area contributed by atoms with Crippen molar-refractivity contribution in [2.75, 3.05) is 0 Å². The van der Waals surface area contributed by atoms with E-state index in [0.717, 1.165) is 16.0 Å². The average molecular weight is 361 g/mol. The monoisotopic (exact) mass is 360 g/mol. The van der Waals surface area contributed by atoms with Gasteiger partial charge in [-0.15, -0.1) is 11.3 Å². The largest absolute Gasteiger partial charge is 0.452 e. The van der Waals surface area contributed by atoms with Gasteiger partial charge in [-0.05, 0) is 54.3 Å². The zero-order valence-corrected chi connectivity index (χ0v) is 14.3. The van der Waals surface area contributed by atoms with Crippen LogP contribution in [0, 0.1) is 6.92 Å². The number of aryl methyl sites for hydroxylation is 1. The molecule has 2 heterocycles. The highest BCUT2D eigenvalue weighted by molar-refractivity contribution is 7.11. The van der Waals surface area contributed by atoms with E-state index in [2.05, 4.69) is 10.1 Å². The molecular weight excluding hydrogens is 348 g/mol. The van der Waals surface area contributed by atoms with Crippen molar-refractivity contribution in [2.45, 2.75) is 13.5 Å². The highest BCUT2D eigenvalue weighted by Crippen LogP contribution is 2.19. The topological polar surface area (TPSA) is 65.2 Å². The molecule has 1 aromatic carbocycles. The number of ether oxygens (including phenoxy) is 1. The minimum Gasteiger partial charge on any atom is -0.452 e. The van der Waals surface area contributed by atoms with Gasteiger partial charge in [0, 0.05) is 21.5 Å². The third-order valence-electron chi connectivity index (χ3n) is 3.18. The second kappa shape index (κ2) is 7.42. The Bertz CT molecular complexity index is 868. The van der Waals surface area contributed by atoms with Crippen molar-refractivity contribution in [1.29, 1.82) is 0 Å². The summed E-state index contributed by atoms with van der Waals surface area (Å²) < 4.78 is 10.2. The zero-order chi connectivity index (χ0) is 16.9. The Kier molecular flexibility index (Phi) is 5.08. The van der Waals surface area contributed by atoms with Gasteiger partial charge in [-0.3, -0.25) is 0 Å². The summed E-state index contributed by atoms with van der Waals surface area (Å²) in [5.74, 6) is 0.186. The van der Waals surface area contributed by atoms with E-state index in [-0.39, 0.29) is 12.5 Å². The van der Waals surface area contributed by atoms with E-state index in [9.17, 15) is 4.79 Å². The highest BCUT2D eigenvalue weighted by Gasteiger charge is 2.10. The van der Waals surface area contributed by atoms with Crippen LogP contribution in [0.25, 0.3) is 17.5 Å². The van der Waals surface area contributed by atoms with Gasteiger partial charge in [0.25, 0.3) is 5.89 Å². The molecule has 122 valence electrons. The Balaban J connectivity index is 1.57. The molecule has 0 spiro atoms. The van der Waals surface area contributed by atoms with Crippen molar-refractivity contribution >= 4 is 35.0 Å². The molecule has 24 heavy (non-hydrogen) atoms. The summed E-state index contributed by atoms with van der Waals surface area (Å²) in [6.45, 7) is 1.91. The fourth-order valence-electron chi connectivity index (χ4n) is 1.91. The number of rotatable bonds is 5. The van der Waals surface area contributed by atoms with Gasteiger partial charge in [-0.25, -0.2) is 4.79 Å². The number of hydrogen-bond donors (Lipinski definition) is 0. The quantitative estimate of drug-likeness (QED) is 0.494. The summed E-state index contributed by atoms with van der Waals surface area (Å²) in [5.41, 5.74) is 1.89. The van der Waals surface area contributed by atoms with Gasteiger partial charge in [0.1, 0.15) is 0 Å². The predicted molar refractivity (Wildman–Crippen MR) is 92.6 cm³/mol. The van der Waals surface area contributed by atoms with E-state index < -0.39 is 5.97 Å².